The lowest BCUT2D eigenvalue weighted by atomic mass is 10.0. The van der Waals surface area contributed by atoms with Crippen molar-refractivity contribution in [1.82, 2.24) is 4.90 Å². The Morgan fingerprint density at radius 2 is 1.93 bits per heavy atom. The van der Waals surface area contributed by atoms with Crippen LogP contribution in [0.2, 0.25) is 0 Å². The van der Waals surface area contributed by atoms with E-state index in [2.05, 4.69) is 69.9 Å². The zero-order valence-corrected chi connectivity index (χ0v) is 12.7. The number of benzene rings is 1. The summed E-state index contributed by atoms with van der Waals surface area (Å²) in [6.07, 6.45) is 1.07. The van der Waals surface area contributed by atoms with Crippen molar-refractivity contribution in [2.24, 2.45) is 0 Å². The molecule has 1 aromatic carbocycles. The summed E-state index contributed by atoms with van der Waals surface area (Å²) < 4.78 is 1.25. The minimum absolute atomic E-state index is 1.00. The Hall–Kier alpha value is 0.140. The number of hydrogen-bond acceptors (Lipinski definition) is 1. The van der Waals surface area contributed by atoms with E-state index >= 15 is 0 Å². The van der Waals surface area contributed by atoms with Crippen molar-refractivity contribution in [3.8, 4) is 0 Å². The number of rotatable bonds is 4. The summed E-state index contributed by atoms with van der Waals surface area (Å²) in [4.78, 5) is 2.20. The van der Waals surface area contributed by atoms with Crippen molar-refractivity contribution in [3.05, 3.63) is 33.3 Å². The zero-order valence-electron chi connectivity index (χ0n) is 9.48. The quantitative estimate of drug-likeness (QED) is 0.758. The summed E-state index contributed by atoms with van der Waals surface area (Å²) in [6, 6.07) is 4.54. The van der Waals surface area contributed by atoms with Crippen LogP contribution in [0, 0.1) is 6.92 Å². The second kappa shape index (κ2) is 6.02. The Morgan fingerprint density at radius 1 is 1.27 bits per heavy atom. The third-order valence-corrected chi connectivity index (χ3v) is 3.78. The average Bonchev–Trinajstić information content (AvgIpc) is 2.12. The van der Waals surface area contributed by atoms with Crippen LogP contribution in [-0.2, 0) is 13.0 Å². The maximum atomic E-state index is 3.65. The van der Waals surface area contributed by atoms with Crippen LogP contribution in [0.5, 0.6) is 0 Å². The molecule has 1 nitrogen and oxygen atoms in total. The van der Waals surface area contributed by atoms with Crippen LogP contribution in [0.25, 0.3) is 0 Å². The highest BCUT2D eigenvalue weighted by Gasteiger charge is 2.06. The highest BCUT2D eigenvalue weighted by atomic mass is 79.9. The second-order valence-corrected chi connectivity index (χ2v) is 5.65. The van der Waals surface area contributed by atoms with Gasteiger partial charge in [0.05, 0.1) is 0 Å². The first-order chi connectivity index (χ1) is 7.04. The van der Waals surface area contributed by atoms with Crippen molar-refractivity contribution >= 4 is 31.9 Å². The van der Waals surface area contributed by atoms with E-state index in [1.807, 2.05) is 0 Å². The normalized spacial score (nSPS) is 11.1. The molecular weight excluding hydrogens is 318 g/mol. The molecule has 0 aliphatic rings. The molecule has 0 aliphatic carbocycles. The van der Waals surface area contributed by atoms with E-state index in [4.69, 9.17) is 0 Å². The topological polar surface area (TPSA) is 3.24 Å². The van der Waals surface area contributed by atoms with Gasteiger partial charge in [-0.15, -0.1) is 0 Å². The number of hydrogen-bond donors (Lipinski definition) is 0. The van der Waals surface area contributed by atoms with Gasteiger partial charge in [-0.1, -0.05) is 44.0 Å². The average molecular weight is 335 g/mol. The third kappa shape index (κ3) is 3.89. The Kier molecular flexibility index (Phi) is 5.30. The molecule has 0 atom stereocenters. The Morgan fingerprint density at radius 3 is 2.47 bits per heavy atom. The molecule has 15 heavy (non-hydrogen) atoms. The van der Waals surface area contributed by atoms with Crippen molar-refractivity contribution in [2.45, 2.75) is 19.9 Å². The van der Waals surface area contributed by atoms with Crippen molar-refractivity contribution in [3.63, 3.8) is 0 Å². The van der Waals surface area contributed by atoms with Gasteiger partial charge in [-0.3, -0.25) is 0 Å². The highest BCUT2D eigenvalue weighted by Crippen LogP contribution is 2.24. The lowest BCUT2D eigenvalue weighted by Gasteiger charge is -2.13. The van der Waals surface area contributed by atoms with Crippen molar-refractivity contribution in [1.29, 1.82) is 0 Å². The molecule has 0 unspecified atom stereocenters. The van der Waals surface area contributed by atoms with Gasteiger partial charge in [0.2, 0.25) is 0 Å². The molecule has 0 fully saturated rings. The Balaban J connectivity index is 3.00. The fourth-order valence-corrected chi connectivity index (χ4v) is 2.52. The van der Waals surface area contributed by atoms with E-state index in [0.717, 1.165) is 18.3 Å². The molecule has 3 heteroatoms. The van der Waals surface area contributed by atoms with Crippen LogP contribution in [0.1, 0.15) is 16.7 Å². The van der Waals surface area contributed by atoms with Gasteiger partial charge in [-0.2, -0.15) is 0 Å². The largest absolute Gasteiger partial charge is 0.305 e. The molecule has 0 aliphatic heterocycles. The van der Waals surface area contributed by atoms with Gasteiger partial charge in [0.15, 0.2) is 0 Å². The number of nitrogens with zero attached hydrogens (tertiary/aromatic N) is 1. The number of halogens is 2. The maximum absolute atomic E-state index is 3.65. The van der Waals surface area contributed by atoms with E-state index in [0.29, 0.717) is 0 Å². The molecule has 0 saturated carbocycles. The first-order valence-corrected chi connectivity index (χ1v) is 6.94. The molecule has 0 saturated heterocycles. The van der Waals surface area contributed by atoms with Gasteiger partial charge >= 0.3 is 0 Å². The second-order valence-electron chi connectivity index (χ2n) is 4.06. The van der Waals surface area contributed by atoms with Crippen LogP contribution in [0.4, 0.5) is 0 Å². The number of aryl methyl sites for hydroxylation is 2. The van der Waals surface area contributed by atoms with E-state index < -0.39 is 0 Å². The standard InChI is InChI=1S/C12H17Br2N/c1-9-6-10(8-15(2)3)7-11(4-5-13)12(9)14/h6-7H,4-5,8H2,1-3H3. The summed E-state index contributed by atoms with van der Waals surface area (Å²) in [6.45, 7) is 3.16. The van der Waals surface area contributed by atoms with Gasteiger partial charge in [0, 0.05) is 16.3 Å². The SMILES string of the molecule is Cc1cc(CN(C)C)cc(CCBr)c1Br. The molecule has 84 valence electrons. The van der Waals surface area contributed by atoms with Gasteiger partial charge in [0.1, 0.15) is 0 Å². The molecule has 0 spiro atoms. The van der Waals surface area contributed by atoms with Gasteiger partial charge < -0.3 is 4.90 Å². The smallest absolute Gasteiger partial charge is 0.0237 e. The fraction of sp³-hybridized carbons (Fsp3) is 0.500. The predicted octanol–water partition coefficient (Wildman–Crippen LogP) is 3.76. The van der Waals surface area contributed by atoms with Gasteiger partial charge in [-0.25, -0.2) is 0 Å². The van der Waals surface area contributed by atoms with Gasteiger partial charge in [-0.05, 0) is 44.1 Å². The summed E-state index contributed by atoms with van der Waals surface area (Å²) in [5, 5.41) is 1.01. The zero-order chi connectivity index (χ0) is 11.4. The predicted molar refractivity (Wildman–Crippen MR) is 73.8 cm³/mol. The molecule has 0 amide bonds. The summed E-state index contributed by atoms with van der Waals surface area (Å²) in [7, 11) is 4.20. The van der Waals surface area contributed by atoms with Gasteiger partial charge in [0.25, 0.3) is 0 Å². The fourth-order valence-electron chi connectivity index (χ4n) is 1.66. The molecule has 1 rings (SSSR count). The minimum Gasteiger partial charge on any atom is -0.305 e. The van der Waals surface area contributed by atoms with E-state index in [1.165, 1.54) is 21.2 Å². The lowest BCUT2D eigenvalue weighted by molar-refractivity contribution is 0.402. The molecule has 0 heterocycles. The monoisotopic (exact) mass is 333 g/mol. The Labute approximate surface area is 109 Å². The number of alkyl halides is 1. The van der Waals surface area contributed by atoms with Crippen LogP contribution < -0.4 is 0 Å². The molecule has 0 bridgehead atoms. The summed E-state index contributed by atoms with van der Waals surface area (Å²) >= 11 is 7.14. The molecular formula is C12H17Br2N. The van der Waals surface area contributed by atoms with Crippen LogP contribution in [0.15, 0.2) is 16.6 Å². The molecule has 0 aromatic heterocycles. The molecule has 0 radical (unpaired) electrons. The third-order valence-electron chi connectivity index (χ3n) is 2.25. The highest BCUT2D eigenvalue weighted by molar-refractivity contribution is 9.10. The first-order valence-electron chi connectivity index (χ1n) is 5.03. The van der Waals surface area contributed by atoms with Crippen LogP contribution in [-0.4, -0.2) is 24.3 Å². The van der Waals surface area contributed by atoms with Crippen molar-refractivity contribution in [2.75, 3.05) is 19.4 Å². The van der Waals surface area contributed by atoms with Crippen molar-refractivity contribution < 1.29 is 0 Å². The summed E-state index contributed by atoms with van der Waals surface area (Å²) in [5.74, 6) is 0. The van der Waals surface area contributed by atoms with E-state index in [9.17, 15) is 0 Å². The van der Waals surface area contributed by atoms with E-state index in [1.54, 1.807) is 0 Å². The van der Waals surface area contributed by atoms with Crippen LogP contribution in [0.3, 0.4) is 0 Å². The van der Waals surface area contributed by atoms with Crippen LogP contribution >= 0.6 is 31.9 Å². The van der Waals surface area contributed by atoms with E-state index in [-0.39, 0.29) is 0 Å². The minimum atomic E-state index is 1.00. The first kappa shape index (κ1) is 13.2. The maximum Gasteiger partial charge on any atom is 0.0237 e. The summed E-state index contributed by atoms with van der Waals surface area (Å²) in [5.41, 5.74) is 4.10. The lowest BCUT2D eigenvalue weighted by Crippen LogP contribution is -2.11. The molecule has 1 aromatic rings. The molecule has 0 N–H and O–H groups in total. The Bertz CT molecular complexity index is 335.